The van der Waals surface area contributed by atoms with Crippen LogP contribution in [0.4, 0.5) is 0 Å². The Morgan fingerprint density at radius 2 is 2.07 bits per heavy atom. The highest BCUT2D eigenvalue weighted by Crippen LogP contribution is 2.36. The number of likely N-dealkylation sites (tertiary alicyclic amines) is 1. The summed E-state index contributed by atoms with van der Waals surface area (Å²) >= 11 is 0. The summed E-state index contributed by atoms with van der Waals surface area (Å²) in [5, 5.41) is 0. The fourth-order valence-electron chi connectivity index (χ4n) is 2.38. The molecular formula is C11H23N3O. The second kappa shape index (κ2) is 4.94. The van der Waals surface area contributed by atoms with Crippen molar-refractivity contribution in [2.45, 2.75) is 39.2 Å². The molecule has 1 fully saturated rings. The maximum Gasteiger partial charge on any atom is 0.235 e. The van der Waals surface area contributed by atoms with Gasteiger partial charge in [0, 0.05) is 13.1 Å². The number of amides is 1. The lowest BCUT2D eigenvalue weighted by molar-refractivity contribution is -0.119. The van der Waals surface area contributed by atoms with E-state index < -0.39 is 11.9 Å². The van der Waals surface area contributed by atoms with Crippen LogP contribution < -0.4 is 11.5 Å². The first-order chi connectivity index (χ1) is 7.03. The molecule has 1 unspecified atom stereocenters. The highest BCUT2D eigenvalue weighted by molar-refractivity contribution is 5.79. The van der Waals surface area contributed by atoms with Crippen molar-refractivity contribution in [1.82, 2.24) is 4.90 Å². The Labute approximate surface area is 92.0 Å². The molecule has 4 N–H and O–H groups in total. The van der Waals surface area contributed by atoms with Crippen LogP contribution in [0.5, 0.6) is 0 Å². The van der Waals surface area contributed by atoms with Gasteiger partial charge in [-0.3, -0.25) is 4.79 Å². The lowest BCUT2D eigenvalue weighted by Gasteiger charge is -2.27. The number of rotatable bonds is 5. The molecule has 0 radical (unpaired) electrons. The van der Waals surface area contributed by atoms with Crippen molar-refractivity contribution < 1.29 is 4.79 Å². The molecule has 0 aliphatic carbocycles. The van der Waals surface area contributed by atoms with Crippen LogP contribution >= 0.6 is 0 Å². The fraction of sp³-hybridized carbons (Fsp3) is 0.909. The molecule has 1 aliphatic rings. The number of carbonyl (C=O) groups is 1. The maximum atomic E-state index is 10.9. The molecule has 0 aromatic rings. The Bertz CT molecular complexity index is 226. The van der Waals surface area contributed by atoms with Gasteiger partial charge in [0.15, 0.2) is 0 Å². The number of hydrogen-bond donors (Lipinski definition) is 2. The molecule has 1 saturated heterocycles. The molecule has 0 aromatic heterocycles. The minimum Gasteiger partial charge on any atom is -0.368 e. The van der Waals surface area contributed by atoms with Gasteiger partial charge in [-0.05, 0) is 31.2 Å². The van der Waals surface area contributed by atoms with Crippen LogP contribution in [-0.4, -0.2) is 36.5 Å². The summed E-state index contributed by atoms with van der Waals surface area (Å²) in [7, 11) is 0. The lowest BCUT2D eigenvalue weighted by atomic mass is 9.82. The van der Waals surface area contributed by atoms with Crippen molar-refractivity contribution in [3.8, 4) is 0 Å². The SMILES string of the molecule is CCC1(CC)CCN(CC(N)C(N)=O)C1. The molecule has 1 rings (SSSR count). The molecule has 4 heteroatoms. The van der Waals surface area contributed by atoms with Gasteiger partial charge in [0.2, 0.25) is 5.91 Å². The van der Waals surface area contributed by atoms with Gasteiger partial charge in [0.05, 0.1) is 6.04 Å². The van der Waals surface area contributed by atoms with Crippen LogP contribution in [0.1, 0.15) is 33.1 Å². The third-order valence-corrected chi connectivity index (χ3v) is 3.84. The predicted molar refractivity (Wildman–Crippen MR) is 61.2 cm³/mol. The zero-order chi connectivity index (χ0) is 11.5. The smallest absolute Gasteiger partial charge is 0.235 e. The van der Waals surface area contributed by atoms with Crippen molar-refractivity contribution in [2.24, 2.45) is 16.9 Å². The molecule has 0 saturated carbocycles. The van der Waals surface area contributed by atoms with Crippen molar-refractivity contribution in [1.29, 1.82) is 0 Å². The van der Waals surface area contributed by atoms with Crippen LogP contribution in [-0.2, 0) is 4.79 Å². The number of primary amides is 1. The van der Waals surface area contributed by atoms with E-state index in [0.717, 1.165) is 13.1 Å². The summed E-state index contributed by atoms with van der Waals surface area (Å²) in [4.78, 5) is 13.1. The van der Waals surface area contributed by atoms with Crippen LogP contribution in [0.3, 0.4) is 0 Å². The molecular weight excluding hydrogens is 190 g/mol. The third kappa shape index (κ3) is 2.92. The summed E-state index contributed by atoms with van der Waals surface area (Å²) in [6.07, 6.45) is 3.61. The van der Waals surface area contributed by atoms with E-state index >= 15 is 0 Å². The van der Waals surface area contributed by atoms with Crippen LogP contribution in [0.25, 0.3) is 0 Å². The van der Waals surface area contributed by atoms with Gasteiger partial charge in [-0.2, -0.15) is 0 Å². The maximum absolute atomic E-state index is 10.9. The van der Waals surface area contributed by atoms with Crippen molar-refractivity contribution in [2.75, 3.05) is 19.6 Å². The minimum atomic E-state index is -0.519. The number of hydrogen-bond acceptors (Lipinski definition) is 3. The minimum absolute atomic E-state index is 0.402. The molecule has 4 nitrogen and oxygen atoms in total. The van der Waals surface area contributed by atoms with E-state index in [1.54, 1.807) is 0 Å². The Hall–Kier alpha value is -0.610. The Kier molecular flexibility index (Phi) is 4.11. The summed E-state index contributed by atoms with van der Waals surface area (Å²) in [6, 6.07) is -0.519. The first-order valence-corrected chi connectivity index (χ1v) is 5.80. The Morgan fingerprint density at radius 3 is 2.47 bits per heavy atom. The molecule has 1 heterocycles. The normalized spacial score (nSPS) is 22.9. The number of nitrogens with two attached hydrogens (primary N) is 2. The number of carbonyl (C=O) groups excluding carboxylic acids is 1. The van der Waals surface area contributed by atoms with Crippen molar-refractivity contribution >= 4 is 5.91 Å². The molecule has 15 heavy (non-hydrogen) atoms. The first-order valence-electron chi connectivity index (χ1n) is 5.80. The average Bonchev–Trinajstić information content (AvgIpc) is 2.62. The third-order valence-electron chi connectivity index (χ3n) is 3.84. The molecule has 1 amide bonds. The fourth-order valence-corrected chi connectivity index (χ4v) is 2.38. The average molecular weight is 213 g/mol. The van der Waals surface area contributed by atoms with Gasteiger partial charge in [-0.1, -0.05) is 13.8 Å². The summed E-state index contributed by atoms with van der Waals surface area (Å²) < 4.78 is 0. The highest BCUT2D eigenvalue weighted by atomic mass is 16.1. The van der Waals surface area contributed by atoms with Gasteiger partial charge in [0.25, 0.3) is 0 Å². The number of nitrogens with zero attached hydrogens (tertiary/aromatic N) is 1. The molecule has 1 atom stereocenters. The van der Waals surface area contributed by atoms with Gasteiger partial charge in [-0.25, -0.2) is 0 Å². The second-order valence-corrected chi connectivity index (χ2v) is 4.70. The van der Waals surface area contributed by atoms with Crippen LogP contribution in [0, 0.1) is 5.41 Å². The van der Waals surface area contributed by atoms with E-state index in [4.69, 9.17) is 11.5 Å². The zero-order valence-corrected chi connectivity index (χ0v) is 9.83. The van der Waals surface area contributed by atoms with Gasteiger partial charge < -0.3 is 16.4 Å². The van der Waals surface area contributed by atoms with Crippen molar-refractivity contribution in [3.63, 3.8) is 0 Å². The summed E-state index contributed by atoms with van der Waals surface area (Å²) in [5.74, 6) is -0.402. The first kappa shape index (κ1) is 12.5. The summed E-state index contributed by atoms with van der Waals surface area (Å²) in [6.45, 7) is 7.18. The molecule has 88 valence electrons. The standard InChI is InChI=1S/C11H23N3O/c1-3-11(4-2)5-6-14(8-11)7-9(12)10(13)15/h9H,3-8,12H2,1-2H3,(H2,13,15). The zero-order valence-electron chi connectivity index (χ0n) is 9.83. The lowest BCUT2D eigenvalue weighted by Crippen LogP contribution is -2.45. The van der Waals surface area contributed by atoms with Gasteiger partial charge >= 0.3 is 0 Å². The second-order valence-electron chi connectivity index (χ2n) is 4.70. The topological polar surface area (TPSA) is 72.3 Å². The molecule has 0 bridgehead atoms. The van der Waals surface area contributed by atoms with Gasteiger partial charge in [0.1, 0.15) is 0 Å². The quantitative estimate of drug-likeness (QED) is 0.690. The van der Waals surface area contributed by atoms with Crippen molar-refractivity contribution in [3.05, 3.63) is 0 Å². The van der Waals surface area contributed by atoms with E-state index in [1.807, 2.05) is 0 Å². The van der Waals surface area contributed by atoms with E-state index in [0.29, 0.717) is 12.0 Å². The molecule has 1 aliphatic heterocycles. The molecule has 0 aromatic carbocycles. The van der Waals surface area contributed by atoms with E-state index in [2.05, 4.69) is 18.7 Å². The van der Waals surface area contributed by atoms with E-state index in [9.17, 15) is 4.79 Å². The Balaban J connectivity index is 2.45. The highest BCUT2D eigenvalue weighted by Gasteiger charge is 2.35. The largest absolute Gasteiger partial charge is 0.368 e. The Morgan fingerprint density at radius 1 is 1.47 bits per heavy atom. The van der Waals surface area contributed by atoms with Crippen LogP contribution in [0.2, 0.25) is 0 Å². The monoisotopic (exact) mass is 213 g/mol. The van der Waals surface area contributed by atoms with Gasteiger partial charge in [-0.15, -0.1) is 0 Å². The summed E-state index contributed by atoms with van der Waals surface area (Å²) in [5.41, 5.74) is 11.2. The van der Waals surface area contributed by atoms with E-state index in [-0.39, 0.29) is 0 Å². The predicted octanol–water partition coefficient (Wildman–Crippen LogP) is 0.311. The van der Waals surface area contributed by atoms with Crippen LogP contribution in [0.15, 0.2) is 0 Å². The molecule has 0 spiro atoms. The van der Waals surface area contributed by atoms with E-state index in [1.165, 1.54) is 19.3 Å².